The minimum absolute atomic E-state index is 0.0397. The van der Waals surface area contributed by atoms with Crippen LogP contribution in [0.4, 0.5) is 0 Å². The smallest absolute Gasteiger partial charge is 0.266 e. The third-order valence-electron chi connectivity index (χ3n) is 0.905. The second-order valence-corrected chi connectivity index (χ2v) is 2.49. The first-order valence-electron chi connectivity index (χ1n) is 2.97. The van der Waals surface area contributed by atoms with Gasteiger partial charge < -0.3 is 0 Å². The van der Waals surface area contributed by atoms with Crippen LogP contribution in [0.5, 0.6) is 0 Å². The van der Waals surface area contributed by atoms with Crippen LogP contribution < -0.4 is 5.48 Å². The molecule has 0 bridgehead atoms. The van der Waals surface area contributed by atoms with E-state index < -0.39 is 0 Å². The number of carbonyl (C=O) groups is 1. The molecule has 0 aliphatic carbocycles. The van der Waals surface area contributed by atoms with Crippen LogP contribution in [0.1, 0.15) is 9.67 Å². The summed E-state index contributed by atoms with van der Waals surface area (Å²) >= 11 is 0.984. The Hall–Kier alpha value is -1.45. The second kappa shape index (κ2) is 4.43. The van der Waals surface area contributed by atoms with E-state index >= 15 is 0 Å². The van der Waals surface area contributed by atoms with Crippen LogP contribution in [-0.4, -0.2) is 22.1 Å². The Kier molecular flexibility index (Phi) is 3.19. The lowest BCUT2D eigenvalue weighted by Crippen LogP contribution is -2.22. The first-order chi connectivity index (χ1) is 5.84. The Morgan fingerprint density at radius 1 is 1.92 bits per heavy atom. The maximum Gasteiger partial charge on any atom is 0.288 e. The highest BCUT2D eigenvalue weighted by molar-refractivity contribution is 7.07. The number of nitrogens with zero attached hydrogens (tertiary/aromatic N) is 2. The number of hydroxylamine groups is 1. The standard InChI is InChI=1S/C6H5N3O2S/c1-2-3-11-8-6(10)5-4-7-9-12-5/h1,4H,3H2,(H,8,10). The van der Waals surface area contributed by atoms with Crippen LogP contribution in [0.15, 0.2) is 6.20 Å². The first-order valence-corrected chi connectivity index (χ1v) is 3.75. The predicted octanol–water partition coefficient (Wildman–Crippen LogP) is -0.167. The molecule has 0 saturated heterocycles. The normalized spacial score (nSPS) is 8.92. The monoisotopic (exact) mass is 183 g/mol. The fraction of sp³-hybridized carbons (Fsp3) is 0.167. The Bertz CT molecular complexity index is 290. The van der Waals surface area contributed by atoms with Crippen LogP contribution in [-0.2, 0) is 4.84 Å². The first kappa shape index (κ1) is 8.64. The summed E-state index contributed by atoms with van der Waals surface area (Å²) in [6.07, 6.45) is 6.23. The third kappa shape index (κ3) is 2.30. The van der Waals surface area contributed by atoms with Crippen molar-refractivity contribution in [3.05, 3.63) is 11.1 Å². The number of hydrogen-bond donors (Lipinski definition) is 1. The fourth-order valence-corrected chi connectivity index (χ4v) is 0.862. The fourth-order valence-electron chi connectivity index (χ4n) is 0.461. The molecule has 0 saturated carbocycles. The van der Waals surface area contributed by atoms with Gasteiger partial charge in [-0.2, -0.15) is 0 Å². The van der Waals surface area contributed by atoms with Crippen molar-refractivity contribution in [2.24, 2.45) is 0 Å². The van der Waals surface area contributed by atoms with Gasteiger partial charge in [0.2, 0.25) is 0 Å². The second-order valence-electron chi connectivity index (χ2n) is 1.71. The number of aromatic nitrogens is 2. The van der Waals surface area contributed by atoms with Crippen LogP contribution >= 0.6 is 11.5 Å². The van der Waals surface area contributed by atoms with Gasteiger partial charge >= 0.3 is 0 Å². The lowest BCUT2D eigenvalue weighted by Gasteiger charge is -1.98. The van der Waals surface area contributed by atoms with Crippen molar-refractivity contribution in [1.29, 1.82) is 0 Å². The molecular formula is C6H5N3O2S. The van der Waals surface area contributed by atoms with Gasteiger partial charge in [-0.1, -0.05) is 10.4 Å². The molecule has 1 amide bonds. The Balaban J connectivity index is 2.36. The zero-order valence-corrected chi connectivity index (χ0v) is 6.80. The molecule has 0 aromatic carbocycles. The maximum atomic E-state index is 11.0. The maximum absolute atomic E-state index is 11.0. The number of hydrogen-bond acceptors (Lipinski definition) is 5. The quantitative estimate of drug-likeness (QED) is 0.401. The SMILES string of the molecule is C#CCONC(=O)c1cnns1. The topological polar surface area (TPSA) is 64.1 Å². The van der Waals surface area contributed by atoms with Crippen LogP contribution in [0.25, 0.3) is 0 Å². The lowest BCUT2D eigenvalue weighted by atomic mass is 10.5. The van der Waals surface area contributed by atoms with Gasteiger partial charge in [0, 0.05) is 0 Å². The van der Waals surface area contributed by atoms with E-state index in [-0.39, 0.29) is 12.5 Å². The molecule has 1 aromatic rings. The highest BCUT2D eigenvalue weighted by Crippen LogP contribution is 2.00. The zero-order chi connectivity index (χ0) is 8.81. The minimum Gasteiger partial charge on any atom is -0.266 e. The van der Waals surface area contributed by atoms with E-state index in [9.17, 15) is 4.79 Å². The summed E-state index contributed by atoms with van der Waals surface area (Å²) in [5.41, 5.74) is 2.13. The van der Waals surface area contributed by atoms with E-state index in [0.29, 0.717) is 4.88 Å². The molecule has 1 rings (SSSR count). The largest absolute Gasteiger partial charge is 0.288 e. The molecular weight excluding hydrogens is 178 g/mol. The average Bonchev–Trinajstić information content (AvgIpc) is 2.56. The van der Waals surface area contributed by atoms with E-state index in [0.717, 1.165) is 11.5 Å². The van der Waals surface area contributed by atoms with Crippen LogP contribution in [0.3, 0.4) is 0 Å². The summed E-state index contributed by atoms with van der Waals surface area (Å²) in [7, 11) is 0. The Labute approximate surface area is 72.9 Å². The number of amides is 1. The molecule has 1 aromatic heterocycles. The minimum atomic E-state index is -0.389. The molecule has 0 aliphatic heterocycles. The number of carbonyl (C=O) groups excluding carboxylic acids is 1. The van der Waals surface area contributed by atoms with Crippen molar-refractivity contribution in [2.75, 3.05) is 6.61 Å². The molecule has 0 spiro atoms. The summed E-state index contributed by atoms with van der Waals surface area (Å²) in [6.45, 7) is 0.0397. The van der Waals surface area contributed by atoms with Crippen molar-refractivity contribution in [3.63, 3.8) is 0 Å². The van der Waals surface area contributed by atoms with E-state index in [1.807, 2.05) is 0 Å². The molecule has 0 fully saturated rings. The van der Waals surface area contributed by atoms with Crippen molar-refractivity contribution in [2.45, 2.75) is 0 Å². The van der Waals surface area contributed by atoms with Crippen molar-refractivity contribution >= 4 is 17.4 Å². The molecule has 0 unspecified atom stereocenters. The molecule has 0 radical (unpaired) electrons. The van der Waals surface area contributed by atoms with Crippen molar-refractivity contribution in [1.82, 2.24) is 15.1 Å². The van der Waals surface area contributed by atoms with Gasteiger partial charge in [-0.15, -0.1) is 11.5 Å². The molecule has 12 heavy (non-hydrogen) atoms. The van der Waals surface area contributed by atoms with Gasteiger partial charge in [0.25, 0.3) is 5.91 Å². The van der Waals surface area contributed by atoms with Gasteiger partial charge in [-0.3, -0.25) is 9.63 Å². The van der Waals surface area contributed by atoms with Crippen LogP contribution in [0, 0.1) is 12.3 Å². The van der Waals surface area contributed by atoms with Crippen molar-refractivity contribution < 1.29 is 9.63 Å². The van der Waals surface area contributed by atoms with E-state index in [4.69, 9.17) is 6.42 Å². The summed E-state index contributed by atoms with van der Waals surface area (Å²) in [5, 5.41) is 3.48. The molecule has 1 N–H and O–H groups in total. The van der Waals surface area contributed by atoms with E-state index in [1.165, 1.54) is 6.20 Å². The van der Waals surface area contributed by atoms with E-state index in [2.05, 4.69) is 25.8 Å². The highest BCUT2D eigenvalue weighted by atomic mass is 32.1. The zero-order valence-electron chi connectivity index (χ0n) is 5.98. The summed E-state index contributed by atoms with van der Waals surface area (Å²) < 4.78 is 3.51. The Morgan fingerprint density at radius 3 is 3.33 bits per heavy atom. The van der Waals surface area contributed by atoms with Gasteiger partial charge in [-0.05, 0) is 11.5 Å². The third-order valence-corrected chi connectivity index (χ3v) is 1.57. The van der Waals surface area contributed by atoms with Gasteiger partial charge in [0.1, 0.15) is 11.5 Å². The van der Waals surface area contributed by atoms with Gasteiger partial charge in [-0.25, -0.2) is 5.48 Å². The number of terminal acetylenes is 1. The summed E-state index contributed by atoms with van der Waals surface area (Å²) in [5.74, 6) is 1.81. The molecule has 0 aliphatic rings. The molecule has 62 valence electrons. The predicted molar refractivity (Wildman–Crippen MR) is 42.2 cm³/mol. The molecule has 5 nitrogen and oxygen atoms in total. The molecule has 6 heteroatoms. The van der Waals surface area contributed by atoms with Crippen LogP contribution in [0.2, 0.25) is 0 Å². The molecule has 1 heterocycles. The number of nitrogens with one attached hydrogen (secondary N) is 1. The van der Waals surface area contributed by atoms with Crippen molar-refractivity contribution in [3.8, 4) is 12.3 Å². The van der Waals surface area contributed by atoms with Gasteiger partial charge in [0.15, 0.2) is 0 Å². The highest BCUT2D eigenvalue weighted by Gasteiger charge is 2.06. The van der Waals surface area contributed by atoms with E-state index in [1.54, 1.807) is 0 Å². The van der Waals surface area contributed by atoms with Gasteiger partial charge in [0.05, 0.1) is 6.20 Å². The lowest BCUT2D eigenvalue weighted by molar-refractivity contribution is 0.0442. The average molecular weight is 183 g/mol. The number of rotatable bonds is 3. The Morgan fingerprint density at radius 2 is 2.75 bits per heavy atom. The summed E-state index contributed by atoms with van der Waals surface area (Å²) in [4.78, 5) is 16.0. The summed E-state index contributed by atoms with van der Waals surface area (Å²) in [6, 6.07) is 0. The molecule has 0 atom stereocenters.